The lowest BCUT2D eigenvalue weighted by atomic mass is 10.1. The molecule has 0 saturated carbocycles. The minimum atomic E-state index is -0.469. The summed E-state index contributed by atoms with van der Waals surface area (Å²) >= 11 is 0. The Kier molecular flexibility index (Phi) is 5.18. The number of nitrogens with zero attached hydrogens (tertiary/aromatic N) is 1. The normalized spacial score (nSPS) is 33.4. The van der Waals surface area contributed by atoms with Gasteiger partial charge in [0.05, 0.1) is 30.4 Å². The van der Waals surface area contributed by atoms with Gasteiger partial charge in [0, 0.05) is 6.61 Å². The van der Waals surface area contributed by atoms with Gasteiger partial charge in [-0.2, -0.15) is 5.26 Å². The first-order chi connectivity index (χ1) is 12.7. The van der Waals surface area contributed by atoms with Crippen LogP contribution in [0.15, 0.2) is 24.3 Å². The van der Waals surface area contributed by atoms with Crippen LogP contribution in [0.2, 0.25) is 0 Å². The van der Waals surface area contributed by atoms with E-state index in [-0.39, 0.29) is 31.2 Å². The van der Waals surface area contributed by atoms with Crippen LogP contribution in [0, 0.1) is 11.3 Å². The van der Waals surface area contributed by atoms with Gasteiger partial charge >= 0.3 is 5.97 Å². The minimum Gasteiger partial charge on any atom is -0.453 e. The van der Waals surface area contributed by atoms with Crippen molar-refractivity contribution in [1.82, 2.24) is 0 Å². The summed E-state index contributed by atoms with van der Waals surface area (Å²) in [6, 6.07) is 8.35. The van der Waals surface area contributed by atoms with Crippen LogP contribution in [-0.4, -0.2) is 56.5 Å². The molecular weight excluding hydrogens is 338 g/mol. The molecule has 0 N–H and O–H groups in total. The van der Waals surface area contributed by atoms with Gasteiger partial charge in [-0.05, 0) is 43.5 Å². The van der Waals surface area contributed by atoms with Gasteiger partial charge in [-0.25, -0.2) is 4.79 Å². The van der Waals surface area contributed by atoms with Gasteiger partial charge in [-0.15, -0.1) is 0 Å². The van der Waals surface area contributed by atoms with E-state index in [0.29, 0.717) is 17.7 Å². The Labute approximate surface area is 151 Å². The average Bonchev–Trinajstić information content (AvgIpc) is 3.26. The van der Waals surface area contributed by atoms with Gasteiger partial charge in [-0.1, -0.05) is 0 Å². The topological polar surface area (TPSA) is 87.0 Å². The van der Waals surface area contributed by atoms with E-state index in [0.717, 1.165) is 25.9 Å². The van der Waals surface area contributed by atoms with Gasteiger partial charge in [0.2, 0.25) is 0 Å². The highest BCUT2D eigenvalue weighted by molar-refractivity contribution is 5.89. The summed E-state index contributed by atoms with van der Waals surface area (Å²) in [6.45, 7) is 1.40. The van der Waals surface area contributed by atoms with Gasteiger partial charge in [0.1, 0.15) is 18.3 Å². The number of nitriles is 1. The molecule has 7 heteroatoms. The van der Waals surface area contributed by atoms with Crippen LogP contribution in [0.25, 0.3) is 0 Å². The molecule has 0 aromatic heterocycles. The molecular formula is C19H21NO6. The van der Waals surface area contributed by atoms with E-state index >= 15 is 0 Å². The molecule has 0 spiro atoms. The Morgan fingerprint density at radius 1 is 1.04 bits per heavy atom. The van der Waals surface area contributed by atoms with E-state index in [2.05, 4.69) is 0 Å². The SMILES string of the molecule is N#Cc1ccc(C(=O)OC2COC3C2OC[C@@H]3OC2CCCCO2)cc1. The predicted octanol–water partition coefficient (Wildman–Crippen LogP) is 1.79. The van der Waals surface area contributed by atoms with Crippen molar-refractivity contribution in [3.8, 4) is 6.07 Å². The summed E-state index contributed by atoms with van der Waals surface area (Å²) in [5.41, 5.74) is 0.892. The summed E-state index contributed by atoms with van der Waals surface area (Å²) in [5, 5.41) is 8.82. The van der Waals surface area contributed by atoms with Crippen LogP contribution < -0.4 is 0 Å². The minimum absolute atomic E-state index is 0.207. The van der Waals surface area contributed by atoms with E-state index in [1.807, 2.05) is 6.07 Å². The monoisotopic (exact) mass is 359 g/mol. The van der Waals surface area contributed by atoms with Crippen LogP contribution in [0.1, 0.15) is 35.2 Å². The maximum atomic E-state index is 12.3. The van der Waals surface area contributed by atoms with Crippen LogP contribution in [0.4, 0.5) is 0 Å². The molecule has 138 valence electrons. The van der Waals surface area contributed by atoms with Crippen molar-refractivity contribution in [3.05, 3.63) is 35.4 Å². The zero-order valence-electron chi connectivity index (χ0n) is 14.3. The van der Waals surface area contributed by atoms with Gasteiger partial charge in [-0.3, -0.25) is 0 Å². The summed E-state index contributed by atoms with van der Waals surface area (Å²) in [5.74, 6) is -0.452. The van der Waals surface area contributed by atoms with Crippen LogP contribution >= 0.6 is 0 Å². The number of esters is 1. The Bertz CT molecular complexity index is 678. The Hall–Kier alpha value is -1.98. The molecule has 3 fully saturated rings. The van der Waals surface area contributed by atoms with Crippen molar-refractivity contribution in [1.29, 1.82) is 5.26 Å². The summed E-state index contributed by atoms with van der Waals surface area (Å²) in [4.78, 5) is 12.3. The zero-order chi connectivity index (χ0) is 17.9. The number of benzene rings is 1. The summed E-state index contributed by atoms with van der Waals surface area (Å²) < 4.78 is 28.7. The van der Waals surface area contributed by atoms with E-state index in [1.165, 1.54) is 0 Å². The fourth-order valence-corrected chi connectivity index (χ4v) is 3.55. The third-order valence-corrected chi connectivity index (χ3v) is 4.94. The van der Waals surface area contributed by atoms with Crippen molar-refractivity contribution in [3.63, 3.8) is 0 Å². The molecule has 0 radical (unpaired) electrons. The number of ether oxygens (including phenoxy) is 5. The van der Waals surface area contributed by atoms with Gasteiger partial charge < -0.3 is 23.7 Å². The van der Waals surface area contributed by atoms with Crippen LogP contribution in [0.5, 0.6) is 0 Å². The molecule has 4 rings (SSSR count). The highest BCUT2D eigenvalue weighted by atomic mass is 16.7. The molecule has 0 bridgehead atoms. The fraction of sp³-hybridized carbons (Fsp3) is 0.579. The Balaban J connectivity index is 1.33. The summed E-state index contributed by atoms with van der Waals surface area (Å²) in [6.07, 6.45) is 1.58. The highest BCUT2D eigenvalue weighted by Gasteiger charge is 2.50. The number of carbonyl (C=O) groups excluding carboxylic acids is 1. The first-order valence-corrected chi connectivity index (χ1v) is 8.96. The largest absolute Gasteiger partial charge is 0.453 e. The Morgan fingerprint density at radius 2 is 1.77 bits per heavy atom. The standard InChI is InChI=1S/C19H21NO6/c20-9-12-4-6-13(7-5-12)19(21)26-15-11-24-17-14(10-23-18(15)17)25-16-3-1-2-8-22-16/h4-7,14-18H,1-3,8,10-11H2/t14-,15?,16?,17?,18?/m0/s1. The number of hydrogen-bond donors (Lipinski definition) is 0. The first-order valence-electron chi connectivity index (χ1n) is 8.96. The maximum Gasteiger partial charge on any atom is 0.338 e. The van der Waals surface area contributed by atoms with E-state index in [9.17, 15) is 4.79 Å². The van der Waals surface area contributed by atoms with Crippen LogP contribution in [-0.2, 0) is 23.7 Å². The molecule has 7 nitrogen and oxygen atoms in total. The lowest BCUT2D eigenvalue weighted by molar-refractivity contribution is -0.202. The second kappa shape index (κ2) is 7.72. The van der Waals surface area contributed by atoms with Gasteiger partial charge in [0.15, 0.2) is 12.4 Å². The van der Waals surface area contributed by atoms with E-state index in [1.54, 1.807) is 24.3 Å². The van der Waals surface area contributed by atoms with Crippen molar-refractivity contribution in [2.75, 3.05) is 19.8 Å². The second-order valence-corrected chi connectivity index (χ2v) is 6.70. The number of carbonyl (C=O) groups is 1. The Morgan fingerprint density at radius 3 is 2.46 bits per heavy atom. The number of rotatable bonds is 4. The van der Waals surface area contributed by atoms with Crippen molar-refractivity contribution < 1.29 is 28.5 Å². The third-order valence-electron chi connectivity index (χ3n) is 4.94. The van der Waals surface area contributed by atoms with Crippen molar-refractivity contribution in [2.24, 2.45) is 0 Å². The second-order valence-electron chi connectivity index (χ2n) is 6.70. The molecule has 5 atom stereocenters. The average molecular weight is 359 g/mol. The highest BCUT2D eigenvalue weighted by Crippen LogP contribution is 2.32. The van der Waals surface area contributed by atoms with E-state index < -0.39 is 12.1 Å². The quantitative estimate of drug-likeness (QED) is 0.758. The first kappa shape index (κ1) is 17.4. The number of hydrogen-bond acceptors (Lipinski definition) is 7. The molecule has 1 aromatic rings. The van der Waals surface area contributed by atoms with Gasteiger partial charge in [0.25, 0.3) is 0 Å². The smallest absolute Gasteiger partial charge is 0.338 e. The predicted molar refractivity (Wildman–Crippen MR) is 88.3 cm³/mol. The molecule has 0 amide bonds. The molecule has 3 aliphatic rings. The molecule has 3 saturated heterocycles. The third kappa shape index (κ3) is 3.60. The van der Waals surface area contributed by atoms with Crippen LogP contribution in [0.3, 0.4) is 0 Å². The lowest BCUT2D eigenvalue weighted by Gasteiger charge is -2.27. The van der Waals surface area contributed by atoms with Crippen molar-refractivity contribution in [2.45, 2.75) is 50.0 Å². The number of fused-ring (bicyclic) bond motifs is 1. The molecule has 4 unspecified atom stereocenters. The van der Waals surface area contributed by atoms with Crippen molar-refractivity contribution >= 4 is 5.97 Å². The summed E-state index contributed by atoms with van der Waals surface area (Å²) in [7, 11) is 0. The molecule has 1 aromatic carbocycles. The lowest BCUT2D eigenvalue weighted by Crippen LogP contribution is -2.38. The molecule has 0 aliphatic carbocycles. The zero-order valence-corrected chi connectivity index (χ0v) is 14.3. The van der Waals surface area contributed by atoms with E-state index in [4.69, 9.17) is 28.9 Å². The fourth-order valence-electron chi connectivity index (χ4n) is 3.55. The maximum absolute atomic E-state index is 12.3. The molecule has 3 aliphatic heterocycles. The molecule has 3 heterocycles. The molecule has 26 heavy (non-hydrogen) atoms.